The van der Waals surface area contributed by atoms with Crippen LogP contribution in [-0.4, -0.2) is 49.6 Å². The molecule has 6 heteroatoms. The van der Waals surface area contributed by atoms with Gasteiger partial charge in [-0.25, -0.2) is 0 Å². The van der Waals surface area contributed by atoms with Gasteiger partial charge in [-0.15, -0.1) is 0 Å². The van der Waals surface area contributed by atoms with Crippen molar-refractivity contribution in [1.82, 2.24) is 0 Å². The molecule has 7 unspecified atom stereocenters. The van der Waals surface area contributed by atoms with Gasteiger partial charge in [0.25, 0.3) is 0 Å². The molecule has 7 atom stereocenters. The third-order valence-electron chi connectivity index (χ3n) is 6.96. The molecule has 4 aliphatic rings. The van der Waals surface area contributed by atoms with Crippen molar-refractivity contribution in [2.24, 2.45) is 23.2 Å². The summed E-state index contributed by atoms with van der Waals surface area (Å²) in [5, 5.41) is 0. The smallest absolute Gasteiger partial charge is 0.309 e. The SMILES string of the molecule is CC(COC(=O)C1CCC2OC2C1)CC(C)(C)CC(=O)OCC1CCC2OC2C1. The van der Waals surface area contributed by atoms with E-state index in [-0.39, 0.29) is 35.3 Å². The van der Waals surface area contributed by atoms with Gasteiger partial charge in [-0.05, 0) is 62.2 Å². The van der Waals surface area contributed by atoms with E-state index in [4.69, 9.17) is 18.9 Å². The molecule has 2 saturated carbocycles. The van der Waals surface area contributed by atoms with Gasteiger partial charge >= 0.3 is 11.9 Å². The van der Waals surface area contributed by atoms with E-state index < -0.39 is 0 Å². The zero-order valence-electron chi connectivity index (χ0n) is 18.1. The standard InChI is InChI=1S/C23H36O6/c1-14(12-27-22(25)16-5-7-18-20(9-16)29-18)10-23(2,3)11-21(24)26-13-15-4-6-17-19(8-15)28-17/h14-20H,4-13H2,1-3H3. The lowest BCUT2D eigenvalue weighted by Crippen LogP contribution is -2.28. The number of hydrogen-bond donors (Lipinski definition) is 0. The van der Waals surface area contributed by atoms with Gasteiger partial charge in [0.15, 0.2) is 0 Å². The summed E-state index contributed by atoms with van der Waals surface area (Å²) in [6, 6.07) is 0. The van der Waals surface area contributed by atoms with Crippen LogP contribution in [0.1, 0.15) is 72.1 Å². The Morgan fingerprint density at radius 1 is 0.966 bits per heavy atom. The molecule has 2 aliphatic carbocycles. The lowest BCUT2D eigenvalue weighted by atomic mass is 9.81. The number of rotatable bonds is 9. The Kier molecular flexibility index (Phi) is 6.22. The molecular weight excluding hydrogens is 372 g/mol. The number of carbonyl (C=O) groups excluding carboxylic acids is 2. The summed E-state index contributed by atoms with van der Waals surface area (Å²) in [5.74, 6) is 0.430. The number of esters is 2. The third-order valence-corrected chi connectivity index (χ3v) is 6.96. The highest BCUT2D eigenvalue weighted by molar-refractivity contribution is 5.72. The fourth-order valence-electron chi connectivity index (χ4n) is 5.33. The van der Waals surface area contributed by atoms with Crippen LogP contribution in [0.15, 0.2) is 0 Å². The Hall–Kier alpha value is -1.14. The Balaban J connectivity index is 1.11. The van der Waals surface area contributed by atoms with E-state index in [2.05, 4.69) is 20.8 Å². The summed E-state index contributed by atoms with van der Waals surface area (Å²) in [6.45, 7) is 7.17. The molecular formula is C23H36O6. The van der Waals surface area contributed by atoms with Crippen molar-refractivity contribution in [2.75, 3.05) is 13.2 Å². The molecule has 2 saturated heterocycles. The van der Waals surface area contributed by atoms with Gasteiger partial charge < -0.3 is 18.9 Å². The first-order chi connectivity index (χ1) is 13.8. The van der Waals surface area contributed by atoms with Crippen LogP contribution in [0.2, 0.25) is 0 Å². The quantitative estimate of drug-likeness (QED) is 0.428. The van der Waals surface area contributed by atoms with Crippen molar-refractivity contribution in [2.45, 2.75) is 96.6 Å². The van der Waals surface area contributed by atoms with E-state index in [1.807, 2.05) is 0 Å². The van der Waals surface area contributed by atoms with Crippen LogP contribution in [0.3, 0.4) is 0 Å². The van der Waals surface area contributed by atoms with E-state index in [1.165, 1.54) is 0 Å². The molecule has 0 amide bonds. The molecule has 4 fully saturated rings. The molecule has 6 nitrogen and oxygen atoms in total. The van der Waals surface area contributed by atoms with E-state index in [1.54, 1.807) is 0 Å². The molecule has 0 bridgehead atoms. The fourth-order valence-corrected chi connectivity index (χ4v) is 5.33. The molecule has 0 aromatic carbocycles. The van der Waals surface area contributed by atoms with Gasteiger partial charge in [0.2, 0.25) is 0 Å². The molecule has 4 rings (SSSR count). The average Bonchev–Trinajstić information content (AvgIpc) is 3.56. The maximum atomic E-state index is 12.3. The van der Waals surface area contributed by atoms with Crippen LogP contribution >= 0.6 is 0 Å². The lowest BCUT2D eigenvalue weighted by Gasteiger charge is -2.28. The predicted octanol–water partition coefficient (Wildman–Crippen LogP) is 3.65. The summed E-state index contributed by atoms with van der Waals surface area (Å²) in [7, 11) is 0. The fraction of sp³-hybridized carbons (Fsp3) is 0.913. The molecule has 2 heterocycles. The average molecular weight is 409 g/mol. The van der Waals surface area contributed by atoms with Crippen molar-refractivity contribution in [3.8, 4) is 0 Å². The molecule has 0 radical (unpaired) electrons. The lowest BCUT2D eigenvalue weighted by molar-refractivity contribution is -0.152. The van der Waals surface area contributed by atoms with E-state index in [0.29, 0.717) is 43.9 Å². The predicted molar refractivity (Wildman–Crippen MR) is 106 cm³/mol. The Bertz CT molecular complexity index is 616. The highest BCUT2D eigenvalue weighted by Gasteiger charge is 2.46. The highest BCUT2D eigenvalue weighted by Crippen LogP contribution is 2.40. The summed E-state index contributed by atoms with van der Waals surface area (Å²) in [6.07, 6.45) is 8.67. The maximum Gasteiger partial charge on any atom is 0.309 e. The van der Waals surface area contributed by atoms with Crippen LogP contribution in [0.4, 0.5) is 0 Å². The molecule has 29 heavy (non-hydrogen) atoms. The first-order valence-electron chi connectivity index (χ1n) is 11.4. The number of ether oxygens (including phenoxy) is 4. The monoisotopic (exact) mass is 408 g/mol. The minimum atomic E-state index is -0.180. The zero-order valence-corrected chi connectivity index (χ0v) is 18.1. The normalized spacial score (nSPS) is 36.4. The van der Waals surface area contributed by atoms with Crippen molar-refractivity contribution in [1.29, 1.82) is 0 Å². The highest BCUT2D eigenvalue weighted by atomic mass is 16.6. The van der Waals surface area contributed by atoms with E-state index in [0.717, 1.165) is 44.9 Å². The van der Waals surface area contributed by atoms with Gasteiger partial charge in [-0.3, -0.25) is 9.59 Å². The van der Waals surface area contributed by atoms with Crippen LogP contribution in [0.25, 0.3) is 0 Å². The molecule has 0 N–H and O–H groups in total. The minimum absolute atomic E-state index is 0.00922. The summed E-state index contributed by atoms with van der Waals surface area (Å²) >= 11 is 0. The second kappa shape index (κ2) is 8.54. The van der Waals surface area contributed by atoms with Crippen molar-refractivity contribution in [3.05, 3.63) is 0 Å². The summed E-state index contributed by atoms with van der Waals surface area (Å²) in [5.41, 5.74) is -0.180. The first kappa shape index (κ1) is 21.1. The molecule has 2 aliphatic heterocycles. The molecule has 0 aromatic heterocycles. The Morgan fingerprint density at radius 2 is 1.66 bits per heavy atom. The van der Waals surface area contributed by atoms with Gasteiger partial charge in [0, 0.05) is 0 Å². The second-order valence-corrected chi connectivity index (χ2v) is 10.6. The summed E-state index contributed by atoms with van der Waals surface area (Å²) < 4.78 is 22.2. The zero-order chi connectivity index (χ0) is 20.6. The molecule has 164 valence electrons. The first-order valence-corrected chi connectivity index (χ1v) is 11.4. The third kappa shape index (κ3) is 5.94. The van der Waals surface area contributed by atoms with Crippen LogP contribution in [0, 0.1) is 23.2 Å². The van der Waals surface area contributed by atoms with Gasteiger partial charge in [-0.1, -0.05) is 20.8 Å². The Labute approximate surface area is 174 Å². The number of carbonyl (C=O) groups is 2. The second-order valence-electron chi connectivity index (χ2n) is 10.6. The number of hydrogen-bond acceptors (Lipinski definition) is 6. The minimum Gasteiger partial charge on any atom is -0.465 e. The van der Waals surface area contributed by atoms with E-state index >= 15 is 0 Å². The van der Waals surface area contributed by atoms with Gasteiger partial charge in [0.1, 0.15) is 0 Å². The van der Waals surface area contributed by atoms with Crippen molar-refractivity contribution < 1.29 is 28.5 Å². The molecule has 0 spiro atoms. The van der Waals surface area contributed by atoms with Crippen LogP contribution < -0.4 is 0 Å². The Morgan fingerprint density at radius 3 is 2.34 bits per heavy atom. The summed E-state index contributed by atoms with van der Waals surface area (Å²) in [4.78, 5) is 24.6. The largest absolute Gasteiger partial charge is 0.465 e. The number of epoxide rings is 2. The van der Waals surface area contributed by atoms with Crippen LogP contribution in [0.5, 0.6) is 0 Å². The molecule has 0 aromatic rings. The van der Waals surface area contributed by atoms with Crippen molar-refractivity contribution >= 4 is 11.9 Å². The van der Waals surface area contributed by atoms with E-state index in [9.17, 15) is 9.59 Å². The van der Waals surface area contributed by atoms with Gasteiger partial charge in [-0.2, -0.15) is 0 Å². The topological polar surface area (TPSA) is 77.7 Å². The van der Waals surface area contributed by atoms with Crippen LogP contribution in [-0.2, 0) is 28.5 Å². The maximum absolute atomic E-state index is 12.3. The van der Waals surface area contributed by atoms with Crippen molar-refractivity contribution in [3.63, 3.8) is 0 Å². The number of fused-ring (bicyclic) bond motifs is 2. The van der Waals surface area contributed by atoms with Gasteiger partial charge in [0.05, 0.1) is 50.0 Å².